The molecule has 6 nitrogen and oxygen atoms in total. The van der Waals surface area contributed by atoms with E-state index in [0.29, 0.717) is 24.9 Å². The zero-order valence-corrected chi connectivity index (χ0v) is 23.7. The Hall–Kier alpha value is -1.41. The molecule has 1 saturated heterocycles. The van der Waals surface area contributed by atoms with Crippen LogP contribution in [0.4, 0.5) is 0 Å². The molecule has 0 bridgehead atoms. The van der Waals surface area contributed by atoms with Crippen LogP contribution in [0.25, 0.3) is 0 Å². The molecule has 32 heavy (non-hydrogen) atoms. The van der Waals surface area contributed by atoms with E-state index in [9.17, 15) is 4.79 Å². The van der Waals surface area contributed by atoms with Gasteiger partial charge in [0.2, 0.25) is 11.7 Å². The van der Waals surface area contributed by atoms with Crippen molar-refractivity contribution < 1.29 is 18.4 Å². The average Bonchev–Trinajstić information content (AvgIpc) is 3.28. The fourth-order valence-corrected chi connectivity index (χ4v) is 5.10. The maximum atomic E-state index is 12.8. The number of aromatic nitrogens is 1. The molecule has 1 aromatic rings. The van der Waals surface area contributed by atoms with Gasteiger partial charge in [-0.2, -0.15) is 0 Å². The highest BCUT2D eigenvalue weighted by Crippen LogP contribution is 2.39. The highest BCUT2D eigenvalue weighted by molar-refractivity contribution is 6.84. The fourth-order valence-electron chi connectivity index (χ4n) is 3.54. The van der Waals surface area contributed by atoms with E-state index in [1.165, 1.54) is 0 Å². The molecule has 0 radical (unpaired) electrons. The number of hydrogen-bond acceptors (Lipinski definition) is 6. The van der Waals surface area contributed by atoms with Gasteiger partial charge in [-0.15, -0.1) is 5.54 Å². The van der Waals surface area contributed by atoms with Gasteiger partial charge in [-0.1, -0.05) is 40.4 Å². The Bertz CT molecular complexity index is 856. The molecular weight excluding hydrogens is 436 g/mol. The molecule has 1 fully saturated rings. The van der Waals surface area contributed by atoms with E-state index in [4.69, 9.17) is 13.6 Å². The first-order valence-electron chi connectivity index (χ1n) is 11.6. The summed E-state index contributed by atoms with van der Waals surface area (Å²) in [5.41, 5.74) is 3.97. The minimum atomic E-state index is -1.96. The molecule has 0 aliphatic carbocycles. The molecule has 0 N–H and O–H groups in total. The van der Waals surface area contributed by atoms with Gasteiger partial charge in [0, 0.05) is 19.1 Å². The SMILES string of the molecule is COc1oc(C2CCCN2C(CO[Si](C)(C)C(C)(C)C)CC(=O)C#C[Si](C)(C)C)nc1C. The van der Waals surface area contributed by atoms with E-state index in [1.54, 1.807) is 7.11 Å². The van der Waals surface area contributed by atoms with E-state index < -0.39 is 16.4 Å². The minimum Gasteiger partial charge on any atom is -0.467 e. The third-order valence-corrected chi connectivity index (χ3v) is 11.8. The summed E-state index contributed by atoms with van der Waals surface area (Å²) in [6.45, 7) is 21.0. The second kappa shape index (κ2) is 10.2. The monoisotopic (exact) mass is 478 g/mol. The van der Waals surface area contributed by atoms with Crippen molar-refractivity contribution in [3.63, 3.8) is 0 Å². The number of hydrogen-bond donors (Lipinski definition) is 0. The number of methoxy groups -OCH3 is 1. The Balaban J connectivity index is 2.28. The molecule has 1 aliphatic heterocycles. The van der Waals surface area contributed by atoms with E-state index >= 15 is 0 Å². The molecule has 2 heterocycles. The molecule has 2 unspecified atom stereocenters. The van der Waals surface area contributed by atoms with Crippen molar-refractivity contribution >= 4 is 22.2 Å². The van der Waals surface area contributed by atoms with E-state index in [1.807, 2.05) is 6.92 Å². The van der Waals surface area contributed by atoms with E-state index in [2.05, 4.69) is 74.9 Å². The van der Waals surface area contributed by atoms with Crippen LogP contribution < -0.4 is 4.74 Å². The maximum Gasteiger partial charge on any atom is 0.308 e. The molecule has 180 valence electrons. The van der Waals surface area contributed by atoms with Crippen molar-refractivity contribution in [3.05, 3.63) is 11.6 Å². The maximum absolute atomic E-state index is 12.8. The summed E-state index contributed by atoms with van der Waals surface area (Å²) in [5.74, 6) is 4.03. The van der Waals surface area contributed by atoms with Crippen LogP contribution in [0.15, 0.2) is 4.42 Å². The van der Waals surface area contributed by atoms with Gasteiger partial charge >= 0.3 is 5.95 Å². The summed E-state index contributed by atoms with van der Waals surface area (Å²) in [5, 5.41) is 0.108. The lowest BCUT2D eigenvalue weighted by Crippen LogP contribution is -2.47. The van der Waals surface area contributed by atoms with Gasteiger partial charge in [0.25, 0.3) is 0 Å². The Morgan fingerprint density at radius 1 is 1.28 bits per heavy atom. The number of oxazole rings is 1. The molecule has 1 aromatic heterocycles. The summed E-state index contributed by atoms with van der Waals surface area (Å²) in [6.07, 6.45) is 2.33. The van der Waals surface area contributed by atoms with Crippen LogP contribution in [0.3, 0.4) is 0 Å². The van der Waals surface area contributed by atoms with Crippen LogP contribution in [0.5, 0.6) is 5.95 Å². The summed E-state index contributed by atoms with van der Waals surface area (Å²) < 4.78 is 17.8. The molecule has 0 spiro atoms. The standard InChI is InChI=1S/C24H42N2O4Si2/c1-18-23(28-5)30-22(25-18)21-12-11-14-26(21)19(16-20(27)13-15-31(6,7)8)17-29-32(9,10)24(2,3)4/h19,21H,11-12,14,16-17H2,1-10H3. The fraction of sp³-hybridized carbons (Fsp3) is 0.750. The largest absolute Gasteiger partial charge is 0.467 e. The van der Waals surface area contributed by atoms with Gasteiger partial charge in [0.15, 0.2) is 8.32 Å². The molecule has 8 heteroatoms. The molecule has 2 rings (SSSR count). The third-order valence-electron chi connectivity index (χ3n) is 6.44. The second-order valence-electron chi connectivity index (χ2n) is 11.4. The van der Waals surface area contributed by atoms with Gasteiger partial charge in [-0.05, 0) is 50.4 Å². The number of carbonyl (C=O) groups excluding carboxylic acids is 1. The van der Waals surface area contributed by atoms with Crippen molar-refractivity contribution in [2.75, 3.05) is 20.3 Å². The van der Waals surface area contributed by atoms with E-state index in [-0.39, 0.29) is 22.9 Å². The number of rotatable bonds is 8. The number of ketones is 1. The number of nitrogens with zero attached hydrogens (tertiary/aromatic N) is 2. The van der Waals surface area contributed by atoms with Crippen molar-refractivity contribution in [1.29, 1.82) is 0 Å². The van der Waals surface area contributed by atoms with Crippen LogP contribution in [0.1, 0.15) is 57.7 Å². The molecule has 0 aromatic carbocycles. The number of aryl methyl sites for hydroxylation is 1. The molecular formula is C24H42N2O4Si2. The first kappa shape index (κ1) is 26.8. The summed E-state index contributed by atoms with van der Waals surface area (Å²) in [4.78, 5) is 19.8. The molecule has 0 amide bonds. The third kappa shape index (κ3) is 7.04. The van der Waals surface area contributed by atoms with Crippen LogP contribution in [-0.4, -0.2) is 58.4 Å². The highest BCUT2D eigenvalue weighted by Gasteiger charge is 2.40. The zero-order valence-electron chi connectivity index (χ0n) is 21.7. The lowest BCUT2D eigenvalue weighted by molar-refractivity contribution is -0.115. The smallest absolute Gasteiger partial charge is 0.308 e. The minimum absolute atomic E-state index is 0.0110. The normalized spacial score (nSPS) is 18.9. The van der Waals surface area contributed by atoms with Crippen LogP contribution in [0.2, 0.25) is 37.8 Å². The van der Waals surface area contributed by atoms with Gasteiger partial charge in [-0.25, -0.2) is 4.98 Å². The lowest BCUT2D eigenvalue weighted by atomic mass is 10.1. The van der Waals surface area contributed by atoms with Gasteiger partial charge in [0.05, 0.1) is 13.2 Å². The molecule has 2 atom stereocenters. The number of likely N-dealkylation sites (tertiary alicyclic amines) is 1. The van der Waals surface area contributed by atoms with Gasteiger partial charge in [-0.3, -0.25) is 9.69 Å². The van der Waals surface area contributed by atoms with Crippen LogP contribution in [-0.2, 0) is 9.22 Å². The van der Waals surface area contributed by atoms with Crippen molar-refractivity contribution in [1.82, 2.24) is 9.88 Å². The summed E-state index contributed by atoms with van der Waals surface area (Å²) in [6, 6.07) is -0.0402. The second-order valence-corrected chi connectivity index (χ2v) is 20.9. The van der Waals surface area contributed by atoms with Gasteiger partial charge in [0.1, 0.15) is 13.8 Å². The van der Waals surface area contributed by atoms with Gasteiger partial charge < -0.3 is 13.6 Å². The molecule has 1 aliphatic rings. The quantitative estimate of drug-likeness (QED) is 0.370. The van der Waals surface area contributed by atoms with Crippen molar-refractivity contribution in [3.8, 4) is 17.4 Å². The lowest BCUT2D eigenvalue weighted by Gasteiger charge is -2.39. The van der Waals surface area contributed by atoms with Crippen LogP contribution >= 0.6 is 0 Å². The Kier molecular flexibility index (Phi) is 8.60. The number of Topliss-reactive ketones (excluding diaryl/α,β-unsaturated/α-hetero) is 1. The first-order valence-corrected chi connectivity index (χ1v) is 18.0. The highest BCUT2D eigenvalue weighted by atomic mass is 28.4. The average molecular weight is 479 g/mol. The Morgan fingerprint density at radius 3 is 2.47 bits per heavy atom. The Morgan fingerprint density at radius 2 is 1.94 bits per heavy atom. The van der Waals surface area contributed by atoms with Crippen LogP contribution in [0, 0.1) is 18.4 Å². The number of carbonyl (C=O) groups is 1. The number of ether oxygens (including phenoxy) is 1. The van der Waals surface area contributed by atoms with Crippen molar-refractivity contribution in [2.24, 2.45) is 0 Å². The topological polar surface area (TPSA) is 64.8 Å². The zero-order chi connectivity index (χ0) is 24.3. The first-order chi connectivity index (χ1) is 14.6. The van der Waals surface area contributed by atoms with Crippen molar-refractivity contribution in [2.45, 2.75) is 96.8 Å². The Labute approximate surface area is 196 Å². The molecule has 0 saturated carbocycles. The van der Waals surface area contributed by atoms with E-state index in [0.717, 1.165) is 25.1 Å². The summed E-state index contributed by atoms with van der Waals surface area (Å²) >= 11 is 0. The predicted octanol–water partition coefficient (Wildman–Crippen LogP) is 5.36. The predicted molar refractivity (Wildman–Crippen MR) is 134 cm³/mol. The summed E-state index contributed by atoms with van der Waals surface area (Å²) in [7, 11) is -1.97.